The Morgan fingerprint density at radius 1 is 0.433 bits per heavy atom. The Kier molecular flexibility index (Phi) is 39.4. The zero-order valence-electron chi connectivity index (χ0n) is 18.0. The van der Waals surface area contributed by atoms with Crippen LogP contribution in [0.2, 0.25) is 0 Å². The van der Waals surface area contributed by atoms with Gasteiger partial charge in [-0.2, -0.15) is 15.6 Å². The first-order valence-corrected chi connectivity index (χ1v) is 13.3. The first-order chi connectivity index (χ1) is 12.9. The highest BCUT2D eigenvalue weighted by Crippen LogP contribution is 2.13. The SMILES string of the molecule is C.CCCCCCCCCCCCCCCCCC.O.O=P([O-])([O-])[O-].O=P([O-])([O-])[O-]. The Labute approximate surface area is 184 Å². The third-order valence-corrected chi connectivity index (χ3v) is 3.96. The Hall–Kier alpha value is 0.180. The van der Waals surface area contributed by atoms with Gasteiger partial charge in [-0.05, 0) is 0 Å². The van der Waals surface area contributed by atoms with Gasteiger partial charge in [0, 0.05) is 0 Å². The van der Waals surface area contributed by atoms with Crippen molar-refractivity contribution in [2.24, 2.45) is 0 Å². The summed E-state index contributed by atoms with van der Waals surface area (Å²) in [6.45, 7) is 4.59. The van der Waals surface area contributed by atoms with E-state index in [1.54, 1.807) is 0 Å². The van der Waals surface area contributed by atoms with E-state index in [4.69, 9.17) is 38.5 Å². The van der Waals surface area contributed by atoms with Crippen molar-refractivity contribution >= 4 is 15.6 Å². The molecule has 0 bridgehead atoms. The molecule has 0 saturated carbocycles. The average Bonchev–Trinajstić information content (AvgIpc) is 2.52. The Morgan fingerprint density at radius 3 is 0.633 bits per heavy atom. The summed E-state index contributed by atoms with van der Waals surface area (Å²) in [5.74, 6) is 0. The lowest BCUT2D eigenvalue weighted by atomic mass is 10.0. The summed E-state index contributed by atoms with van der Waals surface area (Å²) in [7, 11) is -10.8. The van der Waals surface area contributed by atoms with E-state index in [0.29, 0.717) is 0 Å². The fourth-order valence-electron chi connectivity index (χ4n) is 2.62. The second-order valence-corrected chi connectivity index (χ2v) is 8.63. The molecule has 30 heavy (non-hydrogen) atoms. The van der Waals surface area contributed by atoms with Crippen LogP contribution in [0.15, 0.2) is 0 Å². The fourth-order valence-corrected chi connectivity index (χ4v) is 2.62. The molecule has 0 spiro atoms. The number of hydrogen-bond donors (Lipinski definition) is 0. The number of hydrogen-bond acceptors (Lipinski definition) is 8. The molecule has 0 rings (SSSR count). The lowest BCUT2D eigenvalue weighted by Crippen LogP contribution is -2.24. The predicted octanol–water partition coefficient (Wildman–Crippen LogP) is 1.43. The summed E-state index contributed by atoms with van der Waals surface area (Å²) in [5.41, 5.74) is 0. The van der Waals surface area contributed by atoms with Crippen molar-refractivity contribution in [2.45, 2.75) is 124 Å². The molecule has 9 nitrogen and oxygen atoms in total. The van der Waals surface area contributed by atoms with E-state index in [9.17, 15) is 0 Å². The fraction of sp³-hybridized carbons (Fsp3) is 1.00. The Balaban J connectivity index is -0.000000145. The molecular formula is C19H44O9P2-6. The van der Waals surface area contributed by atoms with Gasteiger partial charge in [0.25, 0.3) is 0 Å². The molecule has 2 N–H and O–H groups in total. The second kappa shape index (κ2) is 29.2. The first-order valence-electron chi connectivity index (χ1n) is 10.4. The summed E-state index contributed by atoms with van der Waals surface area (Å²) in [6, 6.07) is 0. The van der Waals surface area contributed by atoms with Crippen LogP contribution in [0.1, 0.15) is 124 Å². The van der Waals surface area contributed by atoms with Crippen molar-refractivity contribution in [2.75, 3.05) is 0 Å². The lowest BCUT2D eigenvalue weighted by Gasteiger charge is -2.36. The minimum absolute atomic E-state index is 0. The molecule has 0 fully saturated rings. The Bertz CT molecular complexity index is 332. The van der Waals surface area contributed by atoms with E-state index in [-0.39, 0.29) is 12.9 Å². The normalized spacial score (nSPS) is 10.5. The van der Waals surface area contributed by atoms with Crippen LogP contribution in [-0.4, -0.2) is 5.48 Å². The standard InChI is InChI=1S/C18H38.CH4.2H3O4P.H2O/c1-3-5-7-9-11-13-15-17-18-16-14-12-10-8-6-4-2;;2*1-5(2,3)4;/h3-18H2,1-2H3;1H4;2*(H3,1,2,3,4);1H2/p-6. The molecule has 0 aromatic carbocycles. The third kappa shape index (κ3) is 90.3. The molecule has 0 heterocycles. The van der Waals surface area contributed by atoms with E-state index in [1.807, 2.05) is 0 Å². The van der Waals surface area contributed by atoms with Gasteiger partial charge >= 0.3 is 0 Å². The highest BCUT2D eigenvalue weighted by atomic mass is 31.2. The van der Waals surface area contributed by atoms with Crippen molar-refractivity contribution in [3.05, 3.63) is 0 Å². The molecule has 0 aliphatic rings. The maximum atomic E-state index is 8.55. The van der Waals surface area contributed by atoms with Crippen LogP contribution in [0, 0.1) is 0 Å². The molecule has 0 atom stereocenters. The van der Waals surface area contributed by atoms with Crippen LogP contribution < -0.4 is 29.4 Å². The molecule has 0 aromatic rings. The molecule has 0 saturated heterocycles. The van der Waals surface area contributed by atoms with Gasteiger partial charge in [-0.3, -0.25) is 0 Å². The average molecular weight is 479 g/mol. The molecule has 190 valence electrons. The third-order valence-electron chi connectivity index (χ3n) is 3.96. The summed E-state index contributed by atoms with van der Waals surface area (Å²) in [4.78, 5) is 51.3. The monoisotopic (exact) mass is 478 g/mol. The zero-order valence-corrected chi connectivity index (χ0v) is 19.8. The van der Waals surface area contributed by atoms with Gasteiger partial charge in [0.05, 0.1) is 0 Å². The van der Waals surface area contributed by atoms with Crippen molar-refractivity contribution in [3.63, 3.8) is 0 Å². The van der Waals surface area contributed by atoms with E-state index in [2.05, 4.69) is 13.8 Å². The molecule has 11 heteroatoms. The minimum atomic E-state index is -5.39. The van der Waals surface area contributed by atoms with Crippen LogP contribution in [0.25, 0.3) is 0 Å². The van der Waals surface area contributed by atoms with E-state index in [1.165, 1.54) is 103 Å². The maximum Gasteiger partial charge on any atom is -0.0533 e. The van der Waals surface area contributed by atoms with Crippen LogP contribution in [-0.2, 0) is 9.13 Å². The van der Waals surface area contributed by atoms with Crippen molar-refractivity contribution in [3.8, 4) is 0 Å². The van der Waals surface area contributed by atoms with E-state index >= 15 is 0 Å². The van der Waals surface area contributed by atoms with Crippen LogP contribution in [0.4, 0.5) is 0 Å². The summed E-state index contributed by atoms with van der Waals surface area (Å²) in [6.07, 6.45) is 23.4. The molecule has 0 unspecified atom stereocenters. The summed E-state index contributed by atoms with van der Waals surface area (Å²) >= 11 is 0. The van der Waals surface area contributed by atoms with Crippen molar-refractivity contribution < 1.29 is 44.0 Å². The molecule has 0 radical (unpaired) electrons. The van der Waals surface area contributed by atoms with E-state index < -0.39 is 15.6 Å². The highest BCUT2D eigenvalue weighted by molar-refractivity contribution is 7.40. The first kappa shape index (κ1) is 40.5. The van der Waals surface area contributed by atoms with Gasteiger partial charge in [0.15, 0.2) is 0 Å². The highest BCUT2D eigenvalue weighted by Gasteiger charge is 1.93. The van der Waals surface area contributed by atoms with Crippen LogP contribution in [0.3, 0.4) is 0 Å². The van der Waals surface area contributed by atoms with Gasteiger partial charge in [-0.1, -0.05) is 124 Å². The van der Waals surface area contributed by atoms with Crippen LogP contribution >= 0.6 is 15.6 Å². The molecule has 0 amide bonds. The molecular weight excluding hydrogens is 434 g/mol. The van der Waals surface area contributed by atoms with Gasteiger partial charge in [0.1, 0.15) is 0 Å². The van der Waals surface area contributed by atoms with Gasteiger partial charge in [-0.15, -0.1) is 0 Å². The quantitative estimate of drug-likeness (QED) is 0.248. The number of phosphoric acid groups is 2. The van der Waals surface area contributed by atoms with Crippen molar-refractivity contribution in [1.82, 2.24) is 0 Å². The topological polar surface area (TPSA) is 204 Å². The van der Waals surface area contributed by atoms with Crippen LogP contribution in [0.5, 0.6) is 0 Å². The smallest absolute Gasteiger partial charge is 0.0533 e. The Morgan fingerprint density at radius 2 is 0.533 bits per heavy atom. The predicted molar refractivity (Wildman–Crippen MR) is 111 cm³/mol. The molecule has 0 aromatic heterocycles. The van der Waals surface area contributed by atoms with Gasteiger partial charge in [-0.25, -0.2) is 0 Å². The second-order valence-electron chi connectivity index (χ2n) is 6.84. The van der Waals surface area contributed by atoms with Gasteiger partial charge in [0.2, 0.25) is 0 Å². The number of rotatable bonds is 15. The van der Waals surface area contributed by atoms with Crippen molar-refractivity contribution in [1.29, 1.82) is 0 Å². The zero-order chi connectivity index (χ0) is 22.3. The minimum Gasteiger partial charge on any atom is -0.822 e. The van der Waals surface area contributed by atoms with Gasteiger partial charge < -0.3 is 44.0 Å². The molecule has 0 aliphatic carbocycles. The van der Waals surface area contributed by atoms with E-state index in [0.717, 1.165) is 0 Å². The summed E-state index contributed by atoms with van der Waals surface area (Å²) < 4.78 is 17.1. The molecule has 0 aliphatic heterocycles. The maximum absolute atomic E-state index is 8.55. The lowest BCUT2D eigenvalue weighted by molar-refractivity contribution is -0.434. The number of unbranched alkanes of at least 4 members (excludes halogenated alkanes) is 15. The summed E-state index contributed by atoms with van der Waals surface area (Å²) in [5, 5.41) is 0. The largest absolute Gasteiger partial charge is 0.822 e.